The average molecular weight is 385 g/mol. The fourth-order valence-corrected chi connectivity index (χ4v) is 3.95. The Morgan fingerprint density at radius 3 is 2.30 bits per heavy atom. The molecule has 2 aromatic rings. The van der Waals surface area contributed by atoms with Crippen molar-refractivity contribution in [2.75, 3.05) is 26.2 Å². The Kier molecular flexibility index (Phi) is 6.92. The van der Waals surface area contributed by atoms with Crippen LogP contribution in [0, 0.1) is 0 Å². The molecule has 4 heteroatoms. The number of hydrogen-bond donors (Lipinski definition) is 0. The minimum atomic E-state index is 0.161. The molecular weight excluding hydrogens is 356 g/mol. The van der Waals surface area contributed by atoms with Gasteiger partial charge in [0, 0.05) is 43.3 Å². The van der Waals surface area contributed by atoms with Gasteiger partial charge in [0.05, 0.1) is 0 Å². The van der Waals surface area contributed by atoms with E-state index in [9.17, 15) is 4.79 Å². The SMILES string of the molecule is CCC(CC)c1cccc(C(=O)N2CCN(Cc3ccc(Cl)cc3)CC2)c1. The average Bonchev–Trinajstić information content (AvgIpc) is 2.71. The van der Waals surface area contributed by atoms with Gasteiger partial charge in [-0.1, -0.05) is 49.7 Å². The standard InChI is InChI=1S/C23H29ClN2O/c1-3-19(4-2)20-6-5-7-21(16-20)23(27)26-14-12-25(13-15-26)17-18-8-10-22(24)11-9-18/h5-11,16,19H,3-4,12-15,17H2,1-2H3. The largest absolute Gasteiger partial charge is 0.336 e. The van der Waals surface area contributed by atoms with Gasteiger partial charge in [-0.25, -0.2) is 0 Å². The molecule has 1 fully saturated rings. The summed E-state index contributed by atoms with van der Waals surface area (Å²) in [6.07, 6.45) is 2.22. The zero-order valence-electron chi connectivity index (χ0n) is 16.3. The second-order valence-electron chi connectivity index (χ2n) is 7.33. The first-order valence-corrected chi connectivity index (χ1v) is 10.3. The van der Waals surface area contributed by atoms with Gasteiger partial charge >= 0.3 is 0 Å². The molecule has 27 heavy (non-hydrogen) atoms. The third-order valence-corrected chi connectivity index (χ3v) is 5.82. The molecule has 0 aliphatic carbocycles. The van der Waals surface area contributed by atoms with Crippen molar-refractivity contribution in [3.8, 4) is 0 Å². The second kappa shape index (κ2) is 9.38. The smallest absolute Gasteiger partial charge is 0.253 e. The molecule has 0 spiro atoms. The van der Waals surface area contributed by atoms with E-state index in [1.165, 1.54) is 11.1 Å². The summed E-state index contributed by atoms with van der Waals surface area (Å²) in [4.78, 5) is 17.3. The third-order valence-electron chi connectivity index (χ3n) is 5.57. The minimum absolute atomic E-state index is 0.161. The molecule has 0 atom stereocenters. The van der Waals surface area contributed by atoms with Crippen LogP contribution in [-0.2, 0) is 6.54 Å². The number of carbonyl (C=O) groups excluding carboxylic acids is 1. The first kappa shape index (κ1) is 19.9. The van der Waals surface area contributed by atoms with E-state index in [4.69, 9.17) is 11.6 Å². The summed E-state index contributed by atoms with van der Waals surface area (Å²) in [7, 11) is 0. The highest BCUT2D eigenvalue weighted by Gasteiger charge is 2.22. The van der Waals surface area contributed by atoms with Crippen molar-refractivity contribution in [1.29, 1.82) is 0 Å². The maximum atomic E-state index is 12.9. The van der Waals surface area contributed by atoms with Crippen LogP contribution in [0.15, 0.2) is 48.5 Å². The van der Waals surface area contributed by atoms with Crippen LogP contribution in [0.1, 0.15) is 54.1 Å². The summed E-state index contributed by atoms with van der Waals surface area (Å²) in [6.45, 7) is 8.69. The Bertz CT molecular complexity index is 747. The van der Waals surface area contributed by atoms with Crippen molar-refractivity contribution >= 4 is 17.5 Å². The number of rotatable bonds is 6. The van der Waals surface area contributed by atoms with Crippen molar-refractivity contribution in [2.24, 2.45) is 0 Å². The Morgan fingerprint density at radius 1 is 1.00 bits per heavy atom. The van der Waals surface area contributed by atoms with Crippen molar-refractivity contribution in [2.45, 2.75) is 39.2 Å². The Labute approximate surface area is 167 Å². The lowest BCUT2D eigenvalue weighted by molar-refractivity contribution is 0.0628. The van der Waals surface area contributed by atoms with Gasteiger partial charge in [0.2, 0.25) is 0 Å². The van der Waals surface area contributed by atoms with Crippen LogP contribution in [0.3, 0.4) is 0 Å². The lowest BCUT2D eigenvalue weighted by Gasteiger charge is -2.35. The monoisotopic (exact) mass is 384 g/mol. The number of benzene rings is 2. The Morgan fingerprint density at radius 2 is 1.67 bits per heavy atom. The molecule has 0 bridgehead atoms. The summed E-state index contributed by atoms with van der Waals surface area (Å²) in [5.74, 6) is 0.697. The molecule has 0 aromatic heterocycles. The van der Waals surface area contributed by atoms with Gasteiger partial charge < -0.3 is 4.90 Å². The molecule has 0 unspecified atom stereocenters. The zero-order chi connectivity index (χ0) is 19.2. The predicted molar refractivity (Wildman–Crippen MR) is 112 cm³/mol. The molecule has 1 saturated heterocycles. The fraction of sp³-hybridized carbons (Fsp3) is 0.435. The summed E-state index contributed by atoms with van der Waals surface area (Å²) in [5.41, 5.74) is 3.37. The molecule has 1 amide bonds. The van der Waals surface area contributed by atoms with Crippen LogP contribution in [0.25, 0.3) is 0 Å². The van der Waals surface area contributed by atoms with Gasteiger partial charge in [-0.05, 0) is 54.2 Å². The van der Waals surface area contributed by atoms with E-state index < -0.39 is 0 Å². The molecule has 1 heterocycles. The number of piperazine rings is 1. The summed E-state index contributed by atoms with van der Waals surface area (Å²) in [5, 5.41) is 0.768. The molecule has 3 rings (SSSR count). The molecule has 1 aliphatic rings. The van der Waals surface area contributed by atoms with Crippen molar-refractivity contribution < 1.29 is 4.79 Å². The summed E-state index contributed by atoms with van der Waals surface area (Å²) in [6, 6.07) is 16.2. The van der Waals surface area contributed by atoms with Crippen LogP contribution in [0.2, 0.25) is 5.02 Å². The molecule has 0 radical (unpaired) electrons. The summed E-state index contributed by atoms with van der Waals surface area (Å²) >= 11 is 5.96. The molecule has 3 nitrogen and oxygen atoms in total. The van der Waals surface area contributed by atoms with Crippen LogP contribution in [0.4, 0.5) is 0 Å². The molecular formula is C23H29ClN2O. The molecule has 1 aliphatic heterocycles. The van der Waals surface area contributed by atoms with E-state index in [1.807, 2.05) is 29.2 Å². The highest BCUT2D eigenvalue weighted by molar-refractivity contribution is 6.30. The quantitative estimate of drug-likeness (QED) is 0.683. The van der Waals surface area contributed by atoms with E-state index in [0.717, 1.165) is 56.2 Å². The normalized spacial score (nSPS) is 15.3. The number of halogens is 1. The van der Waals surface area contributed by atoms with E-state index >= 15 is 0 Å². The molecule has 2 aromatic carbocycles. The van der Waals surface area contributed by atoms with Gasteiger partial charge in [-0.2, -0.15) is 0 Å². The van der Waals surface area contributed by atoms with Crippen LogP contribution in [-0.4, -0.2) is 41.9 Å². The number of amides is 1. The van der Waals surface area contributed by atoms with Crippen LogP contribution in [0.5, 0.6) is 0 Å². The van der Waals surface area contributed by atoms with E-state index in [2.05, 4.69) is 43.0 Å². The predicted octanol–water partition coefficient (Wildman–Crippen LogP) is 5.20. The van der Waals surface area contributed by atoms with Crippen LogP contribution >= 0.6 is 11.6 Å². The topological polar surface area (TPSA) is 23.6 Å². The van der Waals surface area contributed by atoms with Gasteiger partial charge in [-0.15, -0.1) is 0 Å². The lowest BCUT2D eigenvalue weighted by Crippen LogP contribution is -2.48. The molecule has 144 valence electrons. The Hall–Kier alpha value is -1.84. The minimum Gasteiger partial charge on any atom is -0.336 e. The lowest BCUT2D eigenvalue weighted by atomic mass is 9.92. The third kappa shape index (κ3) is 5.12. The van der Waals surface area contributed by atoms with Crippen molar-refractivity contribution in [3.63, 3.8) is 0 Å². The van der Waals surface area contributed by atoms with Crippen molar-refractivity contribution in [3.05, 3.63) is 70.2 Å². The van der Waals surface area contributed by atoms with Gasteiger partial charge in [0.1, 0.15) is 0 Å². The number of hydrogen-bond acceptors (Lipinski definition) is 2. The molecule has 0 N–H and O–H groups in total. The molecule has 0 saturated carbocycles. The Balaban J connectivity index is 1.58. The van der Waals surface area contributed by atoms with Gasteiger partial charge in [0.25, 0.3) is 5.91 Å². The van der Waals surface area contributed by atoms with Gasteiger partial charge in [0.15, 0.2) is 0 Å². The highest BCUT2D eigenvalue weighted by Crippen LogP contribution is 2.24. The second-order valence-corrected chi connectivity index (χ2v) is 7.77. The maximum Gasteiger partial charge on any atom is 0.253 e. The first-order chi connectivity index (χ1) is 13.1. The number of carbonyl (C=O) groups is 1. The fourth-order valence-electron chi connectivity index (χ4n) is 3.83. The summed E-state index contributed by atoms with van der Waals surface area (Å²) < 4.78 is 0. The van der Waals surface area contributed by atoms with Crippen molar-refractivity contribution in [1.82, 2.24) is 9.80 Å². The number of nitrogens with zero attached hydrogens (tertiary/aromatic N) is 2. The maximum absolute atomic E-state index is 12.9. The van der Waals surface area contributed by atoms with Crippen LogP contribution < -0.4 is 0 Å². The van der Waals surface area contributed by atoms with E-state index in [1.54, 1.807) is 0 Å². The van der Waals surface area contributed by atoms with Gasteiger partial charge in [-0.3, -0.25) is 9.69 Å². The van der Waals surface area contributed by atoms with E-state index in [-0.39, 0.29) is 5.91 Å². The first-order valence-electron chi connectivity index (χ1n) is 9.96. The highest BCUT2D eigenvalue weighted by atomic mass is 35.5. The van der Waals surface area contributed by atoms with E-state index in [0.29, 0.717) is 5.92 Å². The zero-order valence-corrected chi connectivity index (χ0v) is 17.1.